The van der Waals surface area contributed by atoms with Crippen molar-refractivity contribution in [1.82, 2.24) is 5.43 Å². The second kappa shape index (κ2) is 10.4. The monoisotopic (exact) mass is 475 g/mol. The molecule has 0 aliphatic carbocycles. The van der Waals surface area contributed by atoms with E-state index in [-0.39, 0.29) is 11.8 Å². The number of nitro groups is 1. The van der Waals surface area contributed by atoms with Crippen molar-refractivity contribution in [3.05, 3.63) is 62.0 Å². The van der Waals surface area contributed by atoms with Crippen molar-refractivity contribution in [1.29, 1.82) is 0 Å². The Labute approximate surface area is 193 Å². The Morgan fingerprint density at radius 3 is 2.78 bits per heavy atom. The molecule has 8 nitrogen and oxygen atoms in total. The summed E-state index contributed by atoms with van der Waals surface area (Å²) >= 11 is 7.62. The van der Waals surface area contributed by atoms with Gasteiger partial charge in [0.2, 0.25) is 0 Å². The summed E-state index contributed by atoms with van der Waals surface area (Å²) in [5.41, 5.74) is 3.07. The Morgan fingerprint density at radius 1 is 1.31 bits per heavy atom. The molecule has 0 fully saturated rings. The minimum absolute atomic E-state index is 0.0201. The molecule has 10 heteroatoms. The van der Waals surface area contributed by atoms with Crippen LogP contribution in [0.4, 0.5) is 5.69 Å². The van der Waals surface area contributed by atoms with Gasteiger partial charge in [0.1, 0.15) is 0 Å². The Bertz CT molecular complexity index is 1180. The first-order valence-electron chi connectivity index (χ1n) is 9.96. The number of carbonyl (C=O) groups excluding carboxylic acids is 1. The maximum absolute atomic E-state index is 12.4. The predicted octanol–water partition coefficient (Wildman–Crippen LogP) is 5.80. The number of rotatable bonds is 9. The van der Waals surface area contributed by atoms with E-state index < -0.39 is 10.8 Å². The molecule has 1 amide bonds. The molecule has 1 atom stereocenters. The van der Waals surface area contributed by atoms with Gasteiger partial charge in [0.05, 0.1) is 33.7 Å². The number of hydrazone groups is 1. The van der Waals surface area contributed by atoms with Crippen LogP contribution in [-0.2, 0) is 0 Å². The van der Waals surface area contributed by atoms with Crippen molar-refractivity contribution in [2.24, 2.45) is 5.10 Å². The number of thiophene rings is 1. The minimum Gasteiger partial charge on any atom is -0.490 e. The molecule has 0 saturated heterocycles. The zero-order valence-electron chi connectivity index (χ0n) is 17.8. The number of hydrogen-bond acceptors (Lipinski definition) is 7. The lowest BCUT2D eigenvalue weighted by molar-refractivity contribution is -0.384. The number of carbonyl (C=O) groups is 1. The molecule has 0 saturated carbocycles. The highest BCUT2D eigenvalue weighted by molar-refractivity contribution is 7.20. The van der Waals surface area contributed by atoms with Crippen LogP contribution >= 0.6 is 22.9 Å². The van der Waals surface area contributed by atoms with Gasteiger partial charge in [0, 0.05) is 22.2 Å². The Morgan fingerprint density at radius 2 is 2.09 bits per heavy atom. The topological polar surface area (TPSA) is 103 Å². The number of nitrogens with zero attached hydrogens (tertiary/aromatic N) is 2. The summed E-state index contributed by atoms with van der Waals surface area (Å²) < 4.78 is 12.3. The van der Waals surface area contributed by atoms with Gasteiger partial charge in [-0.2, -0.15) is 5.10 Å². The van der Waals surface area contributed by atoms with Crippen LogP contribution < -0.4 is 14.9 Å². The summed E-state index contributed by atoms with van der Waals surface area (Å²) in [7, 11) is 0. The van der Waals surface area contributed by atoms with Crippen molar-refractivity contribution in [3.63, 3.8) is 0 Å². The first-order chi connectivity index (χ1) is 15.3. The molecular weight excluding hydrogens is 454 g/mol. The maximum Gasteiger partial charge on any atom is 0.281 e. The fraction of sp³-hybridized carbons (Fsp3) is 0.273. The van der Waals surface area contributed by atoms with Gasteiger partial charge < -0.3 is 9.47 Å². The molecule has 1 aromatic heterocycles. The SMILES string of the molecule is CCOc1cc(/C=N\NC(=O)c2cc3cc([N+](=O)[O-])ccc3s2)cc(Cl)c1O[C@H](C)CC. The number of non-ortho nitro benzene ring substituents is 1. The van der Waals surface area contributed by atoms with Crippen LogP contribution in [0.1, 0.15) is 42.4 Å². The number of fused-ring (bicyclic) bond motifs is 1. The van der Waals surface area contributed by atoms with Crippen LogP contribution in [-0.4, -0.2) is 29.8 Å². The summed E-state index contributed by atoms with van der Waals surface area (Å²) in [4.78, 5) is 23.3. The van der Waals surface area contributed by atoms with Gasteiger partial charge in [0.15, 0.2) is 11.5 Å². The van der Waals surface area contributed by atoms with E-state index in [9.17, 15) is 14.9 Å². The highest BCUT2D eigenvalue weighted by Crippen LogP contribution is 2.37. The van der Waals surface area contributed by atoms with Crippen molar-refractivity contribution < 1.29 is 19.2 Å². The lowest BCUT2D eigenvalue weighted by Crippen LogP contribution is -2.16. The Balaban J connectivity index is 1.75. The number of benzene rings is 2. The van der Waals surface area contributed by atoms with E-state index in [2.05, 4.69) is 10.5 Å². The largest absolute Gasteiger partial charge is 0.490 e. The fourth-order valence-corrected chi connectivity index (χ4v) is 4.00. The molecule has 0 radical (unpaired) electrons. The molecule has 0 bridgehead atoms. The standard InChI is InChI=1S/C22H22ClN3O5S/c1-4-13(3)31-21-17(23)8-14(9-18(21)30-5-2)12-24-25-22(27)20-11-15-10-16(26(28)29)6-7-19(15)32-20/h6-13H,4-5H2,1-3H3,(H,25,27)/b24-12-/t13-/m1/s1. The van der Waals surface area contributed by atoms with Gasteiger partial charge in [-0.3, -0.25) is 14.9 Å². The number of halogens is 1. The first-order valence-corrected chi connectivity index (χ1v) is 11.2. The molecule has 3 rings (SSSR count). The maximum atomic E-state index is 12.4. The van der Waals surface area contributed by atoms with Crippen LogP contribution in [0.2, 0.25) is 5.02 Å². The molecule has 168 valence electrons. The van der Waals surface area contributed by atoms with E-state index in [0.29, 0.717) is 39.0 Å². The van der Waals surface area contributed by atoms with Gasteiger partial charge in [-0.25, -0.2) is 5.43 Å². The number of nitrogens with one attached hydrogen (secondary N) is 1. The van der Waals surface area contributed by atoms with Gasteiger partial charge >= 0.3 is 0 Å². The molecule has 2 aromatic carbocycles. The van der Waals surface area contributed by atoms with Crippen LogP contribution in [0.5, 0.6) is 11.5 Å². The zero-order valence-corrected chi connectivity index (χ0v) is 19.3. The summed E-state index contributed by atoms with van der Waals surface area (Å²) in [6, 6.07) is 9.48. The average molecular weight is 476 g/mol. The predicted molar refractivity (Wildman–Crippen MR) is 127 cm³/mol. The third kappa shape index (κ3) is 5.54. The molecular formula is C22H22ClN3O5S. The zero-order chi connectivity index (χ0) is 23.3. The molecule has 32 heavy (non-hydrogen) atoms. The normalized spacial score (nSPS) is 12.1. The fourth-order valence-electron chi connectivity index (χ4n) is 2.80. The highest BCUT2D eigenvalue weighted by Gasteiger charge is 2.15. The number of amides is 1. The Hall–Kier alpha value is -3.17. The van der Waals surface area contributed by atoms with Crippen LogP contribution in [0.25, 0.3) is 10.1 Å². The summed E-state index contributed by atoms with van der Waals surface area (Å²) in [6.45, 7) is 6.26. The van der Waals surface area contributed by atoms with E-state index in [4.69, 9.17) is 21.1 Å². The van der Waals surface area contributed by atoms with Crippen molar-refractivity contribution in [3.8, 4) is 11.5 Å². The first kappa shape index (κ1) is 23.5. The van der Waals surface area contributed by atoms with Crippen molar-refractivity contribution in [2.45, 2.75) is 33.3 Å². The summed E-state index contributed by atoms with van der Waals surface area (Å²) in [5, 5.41) is 15.9. The van der Waals surface area contributed by atoms with Gasteiger partial charge in [-0.05, 0) is 50.1 Å². The van der Waals surface area contributed by atoms with Crippen LogP contribution in [0.3, 0.4) is 0 Å². The van der Waals surface area contributed by atoms with Crippen LogP contribution in [0.15, 0.2) is 41.5 Å². The molecule has 1 N–H and O–H groups in total. The molecule has 0 unspecified atom stereocenters. The van der Waals surface area contributed by atoms with E-state index in [1.165, 1.54) is 29.7 Å². The second-order valence-electron chi connectivity index (χ2n) is 6.89. The third-order valence-corrected chi connectivity index (χ3v) is 5.94. The van der Waals surface area contributed by atoms with E-state index in [0.717, 1.165) is 11.1 Å². The van der Waals surface area contributed by atoms with Gasteiger partial charge in [-0.1, -0.05) is 18.5 Å². The lowest BCUT2D eigenvalue weighted by atomic mass is 10.2. The third-order valence-electron chi connectivity index (χ3n) is 4.54. The highest BCUT2D eigenvalue weighted by atomic mass is 35.5. The Kier molecular flexibility index (Phi) is 7.66. The number of ether oxygens (including phenoxy) is 2. The quantitative estimate of drug-likeness (QED) is 0.239. The molecule has 0 aliphatic rings. The van der Waals surface area contributed by atoms with Crippen molar-refractivity contribution in [2.75, 3.05) is 6.61 Å². The van der Waals surface area contributed by atoms with Gasteiger partial charge in [-0.15, -0.1) is 11.3 Å². The molecule has 1 heterocycles. The summed E-state index contributed by atoms with van der Waals surface area (Å²) in [5.74, 6) is 0.556. The second-order valence-corrected chi connectivity index (χ2v) is 8.38. The molecule has 3 aromatic rings. The average Bonchev–Trinajstić information content (AvgIpc) is 3.19. The lowest BCUT2D eigenvalue weighted by Gasteiger charge is -2.18. The molecule has 0 spiro atoms. The smallest absolute Gasteiger partial charge is 0.281 e. The van der Waals surface area contributed by atoms with Crippen molar-refractivity contribution >= 4 is 50.8 Å². The van der Waals surface area contributed by atoms with E-state index in [1.807, 2.05) is 20.8 Å². The molecule has 0 aliphatic heterocycles. The number of hydrogen-bond donors (Lipinski definition) is 1. The number of nitro benzene ring substituents is 1. The minimum atomic E-state index is -0.470. The van der Waals surface area contributed by atoms with E-state index in [1.54, 1.807) is 24.3 Å². The van der Waals surface area contributed by atoms with E-state index >= 15 is 0 Å². The van der Waals surface area contributed by atoms with Gasteiger partial charge in [0.25, 0.3) is 11.6 Å². The summed E-state index contributed by atoms with van der Waals surface area (Å²) in [6.07, 6.45) is 2.26. The van der Waals surface area contributed by atoms with Crippen LogP contribution in [0, 0.1) is 10.1 Å².